The minimum atomic E-state index is -0.306. The second kappa shape index (κ2) is 8.89. The summed E-state index contributed by atoms with van der Waals surface area (Å²) in [6.45, 7) is 4.11. The molecule has 4 aromatic carbocycles. The van der Waals surface area contributed by atoms with Crippen LogP contribution in [0.25, 0.3) is 33.3 Å². The molecular weight excluding hydrogens is 466 g/mol. The van der Waals surface area contributed by atoms with E-state index in [1.807, 2.05) is 54.6 Å². The van der Waals surface area contributed by atoms with Crippen LogP contribution in [-0.2, 0) is 0 Å². The molecule has 0 fully saturated rings. The van der Waals surface area contributed by atoms with Gasteiger partial charge in [-0.3, -0.25) is 10.1 Å². The average molecular weight is 486 g/mol. The Hall–Kier alpha value is -3.74. The molecule has 0 aliphatic rings. The first kappa shape index (κ1) is 22.1. The predicted octanol–water partition coefficient (Wildman–Crippen LogP) is 7.05. The maximum absolute atomic E-state index is 12.8. The van der Waals surface area contributed by atoms with E-state index >= 15 is 0 Å². The van der Waals surface area contributed by atoms with Crippen LogP contribution in [0, 0.1) is 13.8 Å². The number of thiocarbonyl (C=S) groups is 1. The predicted molar refractivity (Wildman–Crippen MR) is 142 cm³/mol. The van der Waals surface area contributed by atoms with Crippen LogP contribution in [0.5, 0.6) is 0 Å². The van der Waals surface area contributed by atoms with E-state index in [4.69, 9.17) is 28.2 Å². The van der Waals surface area contributed by atoms with Gasteiger partial charge in [0.25, 0.3) is 5.91 Å². The molecule has 2 N–H and O–H groups in total. The van der Waals surface area contributed by atoms with E-state index in [2.05, 4.69) is 29.5 Å². The molecule has 5 rings (SSSR count). The summed E-state index contributed by atoms with van der Waals surface area (Å²) in [6, 6.07) is 22.4. The molecule has 0 radical (unpaired) electrons. The van der Waals surface area contributed by atoms with Crippen LogP contribution >= 0.6 is 23.8 Å². The summed E-state index contributed by atoms with van der Waals surface area (Å²) in [5.74, 6) is 0.246. The summed E-state index contributed by atoms with van der Waals surface area (Å²) in [6.07, 6.45) is 0. The Bertz CT molecular complexity index is 1540. The van der Waals surface area contributed by atoms with E-state index < -0.39 is 0 Å². The molecule has 0 saturated heterocycles. The molecule has 5 aromatic rings. The number of oxazole rings is 1. The van der Waals surface area contributed by atoms with Crippen LogP contribution in [-0.4, -0.2) is 16.0 Å². The number of halogens is 1. The number of aromatic nitrogens is 1. The first-order chi connectivity index (χ1) is 16.4. The van der Waals surface area contributed by atoms with Crippen molar-refractivity contribution in [2.24, 2.45) is 0 Å². The van der Waals surface area contributed by atoms with E-state index in [0.29, 0.717) is 16.5 Å². The lowest BCUT2D eigenvalue weighted by Crippen LogP contribution is -2.34. The highest BCUT2D eigenvalue weighted by Crippen LogP contribution is 2.28. The Morgan fingerprint density at radius 2 is 1.65 bits per heavy atom. The van der Waals surface area contributed by atoms with Gasteiger partial charge in [-0.05, 0) is 91.1 Å². The number of hydrogen-bond acceptors (Lipinski definition) is 4. The van der Waals surface area contributed by atoms with Crippen LogP contribution in [0.1, 0.15) is 21.5 Å². The second-order valence-corrected chi connectivity index (χ2v) is 8.86. The van der Waals surface area contributed by atoms with Crippen LogP contribution in [0.15, 0.2) is 77.2 Å². The molecule has 0 bridgehead atoms. The number of fused-ring (bicyclic) bond motifs is 2. The molecule has 0 saturated carbocycles. The van der Waals surface area contributed by atoms with Crippen molar-refractivity contribution in [3.05, 3.63) is 94.5 Å². The molecule has 1 amide bonds. The van der Waals surface area contributed by atoms with Crippen LogP contribution < -0.4 is 10.6 Å². The lowest BCUT2D eigenvalue weighted by Gasteiger charge is -2.11. The van der Waals surface area contributed by atoms with Crippen molar-refractivity contribution in [2.45, 2.75) is 13.8 Å². The number of hydrogen-bond donors (Lipinski definition) is 2. The van der Waals surface area contributed by atoms with Gasteiger partial charge in [0, 0.05) is 27.2 Å². The molecule has 168 valence electrons. The number of carbonyl (C=O) groups is 1. The topological polar surface area (TPSA) is 67.2 Å². The molecule has 1 heterocycles. The maximum atomic E-state index is 12.8. The molecule has 34 heavy (non-hydrogen) atoms. The second-order valence-electron chi connectivity index (χ2n) is 8.05. The summed E-state index contributed by atoms with van der Waals surface area (Å²) in [5.41, 5.74) is 6.02. The number of aryl methyl sites for hydroxylation is 2. The molecule has 5 nitrogen and oxygen atoms in total. The van der Waals surface area contributed by atoms with Gasteiger partial charge in [-0.15, -0.1) is 0 Å². The number of rotatable bonds is 3. The molecule has 7 heteroatoms. The summed E-state index contributed by atoms with van der Waals surface area (Å²) < 4.78 is 5.93. The summed E-state index contributed by atoms with van der Waals surface area (Å²) in [4.78, 5) is 17.4. The normalized spacial score (nSPS) is 11.0. The Labute approximate surface area is 206 Å². The number of anilines is 1. The number of benzene rings is 4. The molecule has 0 atom stereocenters. The highest BCUT2D eigenvalue weighted by atomic mass is 35.5. The Morgan fingerprint density at radius 1 is 0.941 bits per heavy atom. The number of amides is 1. The van der Waals surface area contributed by atoms with Crippen LogP contribution in [0.4, 0.5) is 5.69 Å². The smallest absolute Gasteiger partial charge is 0.258 e. The van der Waals surface area contributed by atoms with Crippen LogP contribution in [0.2, 0.25) is 5.02 Å². The first-order valence-electron chi connectivity index (χ1n) is 10.7. The summed E-state index contributed by atoms with van der Waals surface area (Å²) >= 11 is 11.6. The summed E-state index contributed by atoms with van der Waals surface area (Å²) in [7, 11) is 0. The van der Waals surface area contributed by atoms with Gasteiger partial charge >= 0.3 is 0 Å². The lowest BCUT2D eigenvalue weighted by atomic mass is 10.0. The van der Waals surface area contributed by atoms with Crippen molar-refractivity contribution in [1.82, 2.24) is 10.3 Å². The van der Waals surface area contributed by atoms with Gasteiger partial charge < -0.3 is 9.73 Å². The van der Waals surface area contributed by atoms with E-state index in [1.54, 1.807) is 18.2 Å². The van der Waals surface area contributed by atoms with Crippen molar-refractivity contribution < 1.29 is 9.21 Å². The fourth-order valence-electron chi connectivity index (χ4n) is 3.80. The first-order valence-corrected chi connectivity index (χ1v) is 11.5. The third kappa shape index (κ3) is 4.25. The minimum Gasteiger partial charge on any atom is -0.436 e. The third-order valence-corrected chi connectivity index (χ3v) is 6.27. The van der Waals surface area contributed by atoms with Gasteiger partial charge in [0.15, 0.2) is 10.7 Å². The van der Waals surface area contributed by atoms with Crippen molar-refractivity contribution in [3.63, 3.8) is 0 Å². The average Bonchev–Trinajstić information content (AvgIpc) is 3.22. The Morgan fingerprint density at radius 3 is 2.44 bits per heavy atom. The Balaban J connectivity index is 1.29. The van der Waals surface area contributed by atoms with Gasteiger partial charge in [-0.1, -0.05) is 35.9 Å². The number of carbonyl (C=O) groups excluding carboxylic acids is 1. The molecule has 0 unspecified atom stereocenters. The van der Waals surface area contributed by atoms with Crippen molar-refractivity contribution in [2.75, 3.05) is 5.32 Å². The fourth-order valence-corrected chi connectivity index (χ4v) is 4.25. The molecule has 0 aliphatic heterocycles. The Kier molecular flexibility index (Phi) is 5.77. The highest BCUT2D eigenvalue weighted by Gasteiger charge is 2.13. The number of nitrogens with zero attached hydrogens (tertiary/aromatic N) is 1. The molecule has 0 aliphatic carbocycles. The minimum absolute atomic E-state index is 0.199. The highest BCUT2D eigenvalue weighted by molar-refractivity contribution is 7.80. The third-order valence-electron chi connectivity index (χ3n) is 5.73. The number of nitrogens with one attached hydrogen (secondary N) is 2. The molecular formula is C27H20ClN3O2S. The van der Waals surface area contributed by atoms with E-state index in [1.165, 1.54) is 5.56 Å². The monoisotopic (exact) mass is 485 g/mol. The van der Waals surface area contributed by atoms with Crippen molar-refractivity contribution >= 4 is 62.4 Å². The van der Waals surface area contributed by atoms with E-state index in [9.17, 15) is 4.79 Å². The molecule has 0 spiro atoms. The lowest BCUT2D eigenvalue weighted by molar-refractivity contribution is 0.0979. The van der Waals surface area contributed by atoms with Crippen molar-refractivity contribution in [1.29, 1.82) is 0 Å². The maximum Gasteiger partial charge on any atom is 0.258 e. The largest absolute Gasteiger partial charge is 0.436 e. The zero-order valence-corrected chi connectivity index (χ0v) is 20.1. The molecule has 1 aromatic heterocycles. The van der Waals surface area contributed by atoms with Crippen molar-refractivity contribution in [3.8, 4) is 11.5 Å². The van der Waals surface area contributed by atoms with Gasteiger partial charge in [0.1, 0.15) is 5.52 Å². The van der Waals surface area contributed by atoms with Gasteiger partial charge in [-0.25, -0.2) is 4.98 Å². The fraction of sp³-hybridized carbons (Fsp3) is 0.0741. The quantitative estimate of drug-likeness (QED) is 0.268. The van der Waals surface area contributed by atoms with Crippen LogP contribution in [0.3, 0.4) is 0 Å². The van der Waals surface area contributed by atoms with Gasteiger partial charge in [0.2, 0.25) is 5.89 Å². The van der Waals surface area contributed by atoms with E-state index in [0.717, 1.165) is 38.7 Å². The zero-order chi connectivity index (χ0) is 23.8. The standard InChI is InChI=1S/C27H20ClN3O2S/c1-15-13-23-24(14-16(15)2)33-26(30-23)17-9-11-18(12-10-17)29-27(34)31-25(32)21-7-3-6-20-19(21)5-4-8-22(20)28/h3-14H,1-2H3,(H2,29,31,32,34). The van der Waals surface area contributed by atoms with E-state index in [-0.39, 0.29) is 11.0 Å². The van der Waals surface area contributed by atoms with Gasteiger partial charge in [0.05, 0.1) is 0 Å². The SMILES string of the molecule is Cc1cc2nc(-c3ccc(NC(=S)NC(=O)c4cccc5c(Cl)cccc45)cc3)oc2cc1C. The van der Waals surface area contributed by atoms with Gasteiger partial charge in [-0.2, -0.15) is 0 Å². The zero-order valence-electron chi connectivity index (χ0n) is 18.5. The summed E-state index contributed by atoms with van der Waals surface area (Å²) in [5, 5.41) is 8.16.